The number of hydrogen-bond acceptors (Lipinski definition) is 5. The highest BCUT2D eigenvalue weighted by Crippen LogP contribution is 2.33. The fraction of sp³-hybridized carbons (Fsp3) is 0.0625. The van der Waals surface area contributed by atoms with Crippen molar-refractivity contribution < 1.29 is 9.59 Å². The molecule has 0 saturated heterocycles. The van der Waals surface area contributed by atoms with Crippen LogP contribution in [-0.4, -0.2) is 32.4 Å². The van der Waals surface area contributed by atoms with Crippen LogP contribution in [0.1, 0.15) is 17.3 Å². The lowest BCUT2D eigenvalue weighted by Gasteiger charge is -2.23. The predicted octanol–water partition coefficient (Wildman–Crippen LogP) is 2.29. The first-order valence-electron chi connectivity index (χ1n) is 7.11. The zero-order chi connectivity index (χ0) is 17.1. The van der Waals surface area contributed by atoms with Gasteiger partial charge >= 0.3 is 6.03 Å². The van der Waals surface area contributed by atoms with Crippen LogP contribution in [0.15, 0.2) is 48.5 Å². The average Bonchev–Trinajstić information content (AvgIpc) is 3.10. The lowest BCUT2D eigenvalue weighted by atomic mass is 10.1. The van der Waals surface area contributed by atoms with E-state index in [4.69, 9.17) is 5.73 Å². The summed E-state index contributed by atoms with van der Waals surface area (Å²) in [5.74, 6) is 0.300. The first kappa shape index (κ1) is 15.3. The van der Waals surface area contributed by atoms with Crippen LogP contribution >= 0.6 is 0 Å². The van der Waals surface area contributed by atoms with Crippen LogP contribution in [0.25, 0.3) is 11.4 Å². The number of benzene rings is 2. The largest absolute Gasteiger partial charge is 0.351 e. The van der Waals surface area contributed by atoms with Crippen molar-refractivity contribution in [1.29, 1.82) is 0 Å². The van der Waals surface area contributed by atoms with Gasteiger partial charge in [-0.05, 0) is 41.6 Å². The molecule has 0 aliphatic carbocycles. The highest BCUT2D eigenvalue weighted by molar-refractivity contribution is 6.03. The maximum absolute atomic E-state index is 12.1. The van der Waals surface area contributed by atoms with Gasteiger partial charge in [0.2, 0.25) is 0 Å². The third-order valence-corrected chi connectivity index (χ3v) is 3.48. The summed E-state index contributed by atoms with van der Waals surface area (Å²) in [6.45, 7) is 1.46. The van der Waals surface area contributed by atoms with Crippen molar-refractivity contribution in [1.82, 2.24) is 20.6 Å². The number of ketones is 1. The van der Waals surface area contributed by atoms with Gasteiger partial charge in [0.1, 0.15) is 0 Å². The highest BCUT2D eigenvalue weighted by Gasteiger charge is 2.21. The molecule has 3 rings (SSSR count). The Bertz CT molecular complexity index is 891. The second kappa shape index (κ2) is 6.29. The van der Waals surface area contributed by atoms with Gasteiger partial charge in [-0.2, -0.15) is 0 Å². The molecule has 120 valence electrons. The number of para-hydroxylation sites is 1. The summed E-state index contributed by atoms with van der Waals surface area (Å²) in [7, 11) is 0. The number of carbonyl (C=O) groups is 2. The third-order valence-electron chi connectivity index (χ3n) is 3.48. The molecule has 3 aromatic rings. The van der Waals surface area contributed by atoms with E-state index >= 15 is 0 Å². The molecule has 8 nitrogen and oxygen atoms in total. The average molecular weight is 322 g/mol. The normalized spacial score (nSPS) is 10.4. The van der Waals surface area contributed by atoms with E-state index in [0.717, 1.165) is 0 Å². The molecular weight excluding hydrogens is 308 g/mol. The van der Waals surface area contributed by atoms with Gasteiger partial charge in [0.05, 0.1) is 11.4 Å². The SMILES string of the molecule is CC(=O)c1cccc(N(C(N)=O)c2ccccc2-c2nnn[nH]2)c1. The molecule has 0 saturated carbocycles. The van der Waals surface area contributed by atoms with Crippen LogP contribution in [0.2, 0.25) is 0 Å². The quantitative estimate of drug-likeness (QED) is 0.714. The Morgan fingerprint density at radius 1 is 1.12 bits per heavy atom. The number of tetrazole rings is 1. The van der Waals surface area contributed by atoms with Crippen LogP contribution in [-0.2, 0) is 0 Å². The van der Waals surface area contributed by atoms with E-state index in [1.165, 1.54) is 11.8 Å². The molecule has 1 aromatic heterocycles. The number of aromatic nitrogens is 4. The highest BCUT2D eigenvalue weighted by atomic mass is 16.2. The summed E-state index contributed by atoms with van der Waals surface area (Å²) >= 11 is 0. The molecule has 2 aromatic carbocycles. The van der Waals surface area contributed by atoms with Gasteiger partial charge in [0.25, 0.3) is 0 Å². The number of nitrogens with two attached hydrogens (primary N) is 1. The topological polar surface area (TPSA) is 118 Å². The first-order valence-corrected chi connectivity index (χ1v) is 7.11. The number of amides is 2. The van der Waals surface area contributed by atoms with E-state index in [1.807, 2.05) is 0 Å². The number of carbonyl (C=O) groups excluding carboxylic acids is 2. The molecule has 3 N–H and O–H groups in total. The van der Waals surface area contributed by atoms with Crippen molar-refractivity contribution >= 4 is 23.2 Å². The summed E-state index contributed by atoms with van der Waals surface area (Å²) in [6.07, 6.45) is 0. The molecule has 0 bridgehead atoms. The zero-order valence-electron chi connectivity index (χ0n) is 12.8. The van der Waals surface area contributed by atoms with E-state index in [2.05, 4.69) is 20.6 Å². The molecule has 8 heteroatoms. The number of anilines is 2. The molecule has 1 heterocycles. The number of aromatic amines is 1. The Balaban J connectivity index is 2.16. The molecule has 0 aliphatic rings. The Morgan fingerprint density at radius 3 is 2.58 bits per heavy atom. The maximum atomic E-state index is 12.1. The fourth-order valence-electron chi connectivity index (χ4n) is 2.39. The molecule has 0 atom stereocenters. The number of rotatable bonds is 4. The van der Waals surface area contributed by atoms with Gasteiger partial charge in [-0.15, -0.1) is 5.10 Å². The number of hydrogen-bond donors (Lipinski definition) is 2. The first-order chi connectivity index (χ1) is 11.6. The number of Topliss-reactive ketones (excluding diaryl/α,β-unsaturated/α-hetero) is 1. The van der Waals surface area contributed by atoms with Crippen molar-refractivity contribution in [2.75, 3.05) is 4.90 Å². The monoisotopic (exact) mass is 322 g/mol. The Morgan fingerprint density at radius 2 is 1.92 bits per heavy atom. The lowest BCUT2D eigenvalue weighted by molar-refractivity contribution is 0.101. The number of nitrogens with zero attached hydrogens (tertiary/aromatic N) is 4. The van der Waals surface area contributed by atoms with Gasteiger partial charge in [-0.3, -0.25) is 9.69 Å². The molecule has 0 unspecified atom stereocenters. The predicted molar refractivity (Wildman–Crippen MR) is 87.8 cm³/mol. The van der Waals surface area contributed by atoms with Gasteiger partial charge in [-0.25, -0.2) is 9.89 Å². The molecule has 0 fully saturated rings. The summed E-state index contributed by atoms with van der Waals surface area (Å²) in [4.78, 5) is 25.0. The van der Waals surface area contributed by atoms with Crippen molar-refractivity contribution in [3.05, 3.63) is 54.1 Å². The molecule has 0 aliphatic heterocycles. The van der Waals surface area contributed by atoms with Crippen LogP contribution in [0.3, 0.4) is 0 Å². The molecule has 24 heavy (non-hydrogen) atoms. The minimum absolute atomic E-state index is 0.103. The molecule has 0 radical (unpaired) electrons. The molecule has 2 amide bonds. The molecule has 0 spiro atoms. The van der Waals surface area contributed by atoms with Gasteiger partial charge in [0.15, 0.2) is 11.6 Å². The van der Waals surface area contributed by atoms with Crippen molar-refractivity contribution in [2.45, 2.75) is 6.92 Å². The van der Waals surface area contributed by atoms with Gasteiger partial charge < -0.3 is 5.73 Å². The van der Waals surface area contributed by atoms with Gasteiger partial charge in [-0.1, -0.05) is 24.3 Å². The lowest BCUT2D eigenvalue weighted by Crippen LogP contribution is -2.32. The summed E-state index contributed by atoms with van der Waals surface area (Å²) in [5, 5.41) is 13.6. The van der Waals surface area contributed by atoms with E-state index in [9.17, 15) is 9.59 Å². The maximum Gasteiger partial charge on any atom is 0.323 e. The standard InChI is InChI=1S/C16H14N6O2/c1-10(23)11-5-4-6-12(9-11)22(16(17)24)14-8-3-2-7-13(14)15-18-20-21-19-15/h2-9H,1H3,(H2,17,24)(H,18,19,20,21). The van der Waals surface area contributed by atoms with Crippen LogP contribution in [0.5, 0.6) is 0 Å². The minimum Gasteiger partial charge on any atom is -0.351 e. The van der Waals surface area contributed by atoms with Crippen molar-refractivity contribution in [2.24, 2.45) is 5.73 Å². The molecular formula is C16H14N6O2. The Hall–Kier alpha value is -3.55. The van der Waals surface area contributed by atoms with E-state index < -0.39 is 6.03 Å². The van der Waals surface area contributed by atoms with Crippen molar-refractivity contribution in [3.63, 3.8) is 0 Å². The van der Waals surface area contributed by atoms with Gasteiger partial charge in [0, 0.05) is 11.1 Å². The Kier molecular flexibility index (Phi) is 4.02. The number of H-pyrrole nitrogens is 1. The summed E-state index contributed by atoms with van der Waals surface area (Å²) in [6, 6.07) is 13.1. The van der Waals surface area contributed by atoms with E-state index in [1.54, 1.807) is 48.5 Å². The van der Waals surface area contributed by atoms with Crippen LogP contribution in [0.4, 0.5) is 16.2 Å². The fourth-order valence-corrected chi connectivity index (χ4v) is 2.39. The third kappa shape index (κ3) is 2.84. The summed E-state index contributed by atoms with van der Waals surface area (Å²) in [5.41, 5.74) is 7.66. The Labute approximate surface area is 137 Å². The van der Waals surface area contributed by atoms with Crippen LogP contribution < -0.4 is 10.6 Å². The van der Waals surface area contributed by atoms with Crippen LogP contribution in [0, 0.1) is 0 Å². The minimum atomic E-state index is -0.685. The zero-order valence-corrected chi connectivity index (χ0v) is 12.8. The smallest absolute Gasteiger partial charge is 0.323 e. The second-order valence-electron chi connectivity index (χ2n) is 5.05. The number of primary amides is 1. The van der Waals surface area contributed by atoms with Crippen molar-refractivity contribution in [3.8, 4) is 11.4 Å². The van der Waals surface area contributed by atoms with E-state index in [-0.39, 0.29) is 5.78 Å². The second-order valence-corrected chi connectivity index (χ2v) is 5.05. The number of nitrogens with one attached hydrogen (secondary N) is 1. The summed E-state index contributed by atoms with van der Waals surface area (Å²) < 4.78 is 0. The van der Waals surface area contributed by atoms with E-state index in [0.29, 0.717) is 28.3 Å². The number of urea groups is 1.